The molecule has 1 aliphatic rings. The molecule has 0 saturated carbocycles. The van der Waals surface area contributed by atoms with Gasteiger partial charge in [-0.1, -0.05) is 48.5 Å². The monoisotopic (exact) mass is 383 g/mol. The number of alkyl carbamates (subject to hydrolysis) is 1. The molecule has 0 aliphatic heterocycles. The van der Waals surface area contributed by atoms with Crippen molar-refractivity contribution >= 4 is 18.1 Å². The fraction of sp³-hybridized carbons (Fsp3) is 0.250. The van der Waals surface area contributed by atoms with Gasteiger partial charge in [-0.3, -0.25) is 0 Å². The van der Waals surface area contributed by atoms with Gasteiger partial charge in [-0.05, 0) is 28.7 Å². The van der Waals surface area contributed by atoms with Crippen LogP contribution in [0.4, 0.5) is 9.59 Å². The van der Waals surface area contributed by atoms with E-state index in [9.17, 15) is 19.5 Å². The Morgan fingerprint density at radius 2 is 1.61 bits per heavy atom. The second kappa shape index (κ2) is 8.43. The van der Waals surface area contributed by atoms with Gasteiger partial charge in [0.05, 0.1) is 0 Å². The fourth-order valence-electron chi connectivity index (χ4n) is 3.38. The first-order valence-electron chi connectivity index (χ1n) is 8.85. The molecule has 1 unspecified atom stereocenters. The summed E-state index contributed by atoms with van der Waals surface area (Å²) in [6, 6.07) is 13.9. The Labute approximate surface area is 161 Å². The number of nitrogens with two attached hydrogens (primary N) is 1. The molecule has 3 rings (SSSR count). The quantitative estimate of drug-likeness (QED) is 0.581. The summed E-state index contributed by atoms with van der Waals surface area (Å²) in [4.78, 5) is 34.1. The maximum absolute atomic E-state index is 12.1. The van der Waals surface area contributed by atoms with Crippen LogP contribution in [0.3, 0.4) is 0 Å². The number of urea groups is 1. The Morgan fingerprint density at radius 3 is 2.14 bits per heavy atom. The molecular formula is C20H21N3O5. The number of primary amides is 1. The van der Waals surface area contributed by atoms with E-state index in [1.165, 1.54) is 0 Å². The summed E-state index contributed by atoms with van der Waals surface area (Å²) in [6.45, 7) is 0.113. The van der Waals surface area contributed by atoms with Crippen LogP contribution in [0.25, 0.3) is 11.1 Å². The van der Waals surface area contributed by atoms with E-state index in [1.54, 1.807) is 0 Å². The van der Waals surface area contributed by atoms with Gasteiger partial charge in [0.1, 0.15) is 12.6 Å². The third-order valence-corrected chi connectivity index (χ3v) is 4.67. The minimum absolute atomic E-state index is 0.0114. The predicted octanol–water partition coefficient (Wildman–Crippen LogP) is 2.04. The maximum Gasteiger partial charge on any atom is 0.407 e. The van der Waals surface area contributed by atoms with Crippen molar-refractivity contribution in [3.63, 3.8) is 0 Å². The summed E-state index contributed by atoms with van der Waals surface area (Å²) in [5.74, 6) is -1.34. The van der Waals surface area contributed by atoms with Crippen LogP contribution in [-0.2, 0) is 9.53 Å². The molecule has 0 spiro atoms. The summed E-state index contributed by atoms with van der Waals surface area (Å²) in [7, 11) is 0. The van der Waals surface area contributed by atoms with Crippen molar-refractivity contribution in [3.05, 3.63) is 59.7 Å². The van der Waals surface area contributed by atoms with Gasteiger partial charge in [0, 0.05) is 12.5 Å². The van der Waals surface area contributed by atoms with Crippen molar-refractivity contribution in [2.24, 2.45) is 5.73 Å². The zero-order valence-electron chi connectivity index (χ0n) is 15.1. The number of amides is 3. The van der Waals surface area contributed by atoms with Crippen molar-refractivity contribution in [3.8, 4) is 11.1 Å². The van der Waals surface area contributed by atoms with Gasteiger partial charge in [0.15, 0.2) is 0 Å². The number of carbonyl (C=O) groups is 3. The topological polar surface area (TPSA) is 131 Å². The molecule has 0 aromatic heterocycles. The largest absolute Gasteiger partial charge is 0.480 e. The van der Waals surface area contributed by atoms with Crippen molar-refractivity contribution < 1.29 is 24.2 Å². The highest BCUT2D eigenvalue weighted by molar-refractivity contribution is 5.81. The molecule has 0 radical (unpaired) electrons. The van der Waals surface area contributed by atoms with E-state index in [0.29, 0.717) is 0 Å². The van der Waals surface area contributed by atoms with Crippen molar-refractivity contribution in [2.75, 3.05) is 13.2 Å². The lowest BCUT2D eigenvalue weighted by molar-refractivity contribution is -0.139. The number of hydrogen-bond acceptors (Lipinski definition) is 4. The first-order valence-corrected chi connectivity index (χ1v) is 8.85. The zero-order chi connectivity index (χ0) is 20.1. The van der Waals surface area contributed by atoms with Crippen LogP contribution in [0, 0.1) is 0 Å². The molecule has 146 valence electrons. The smallest absolute Gasteiger partial charge is 0.407 e. The average Bonchev–Trinajstić information content (AvgIpc) is 2.99. The number of carbonyl (C=O) groups excluding carboxylic acids is 2. The van der Waals surface area contributed by atoms with Gasteiger partial charge in [-0.25, -0.2) is 14.4 Å². The standard InChI is InChI=1S/C20H21N3O5/c21-19(26)22-10-9-17(18(24)25)23-20(27)28-11-16-14-7-3-1-5-12(14)13-6-2-4-8-15(13)16/h1-8,16-17H,9-11H2,(H,23,27)(H,24,25)(H3,21,22,26). The molecule has 0 saturated heterocycles. The molecule has 2 aromatic carbocycles. The van der Waals surface area contributed by atoms with Crippen LogP contribution < -0.4 is 16.4 Å². The molecular weight excluding hydrogens is 362 g/mol. The number of carboxylic acid groups (broad SMARTS) is 1. The highest BCUT2D eigenvalue weighted by atomic mass is 16.5. The van der Waals surface area contributed by atoms with Crippen LogP contribution in [0.5, 0.6) is 0 Å². The zero-order valence-corrected chi connectivity index (χ0v) is 15.1. The predicted molar refractivity (Wildman–Crippen MR) is 102 cm³/mol. The van der Waals surface area contributed by atoms with E-state index in [0.717, 1.165) is 22.3 Å². The van der Waals surface area contributed by atoms with Gasteiger partial charge in [-0.15, -0.1) is 0 Å². The van der Waals surface area contributed by atoms with Crippen molar-refractivity contribution in [2.45, 2.75) is 18.4 Å². The first kappa shape index (κ1) is 19.2. The highest BCUT2D eigenvalue weighted by Gasteiger charge is 2.29. The molecule has 0 bridgehead atoms. The summed E-state index contributed by atoms with van der Waals surface area (Å²) < 4.78 is 5.32. The number of ether oxygens (including phenoxy) is 1. The number of hydrogen-bond donors (Lipinski definition) is 4. The number of benzene rings is 2. The Hall–Kier alpha value is -3.55. The van der Waals surface area contributed by atoms with E-state index in [4.69, 9.17) is 10.5 Å². The Kier molecular flexibility index (Phi) is 5.78. The van der Waals surface area contributed by atoms with Gasteiger partial charge in [-0.2, -0.15) is 0 Å². The van der Waals surface area contributed by atoms with Crippen molar-refractivity contribution in [1.29, 1.82) is 0 Å². The number of aliphatic carboxylic acids is 1. The van der Waals surface area contributed by atoms with Crippen LogP contribution in [-0.4, -0.2) is 42.4 Å². The normalized spacial score (nSPS) is 13.1. The Balaban J connectivity index is 1.62. The molecule has 1 aliphatic carbocycles. The lowest BCUT2D eigenvalue weighted by Crippen LogP contribution is -2.44. The highest BCUT2D eigenvalue weighted by Crippen LogP contribution is 2.44. The third kappa shape index (κ3) is 4.22. The number of carboxylic acids is 1. The molecule has 8 heteroatoms. The van der Waals surface area contributed by atoms with Gasteiger partial charge >= 0.3 is 18.1 Å². The van der Waals surface area contributed by atoms with E-state index in [2.05, 4.69) is 10.6 Å². The summed E-state index contributed by atoms with van der Waals surface area (Å²) in [5, 5.41) is 13.8. The second-order valence-corrected chi connectivity index (χ2v) is 6.44. The number of fused-ring (bicyclic) bond motifs is 3. The summed E-state index contributed by atoms with van der Waals surface area (Å²) in [6.07, 6.45) is -0.837. The first-order chi connectivity index (χ1) is 13.5. The SMILES string of the molecule is NC(=O)NCCC(NC(=O)OCC1c2ccccc2-c2ccccc21)C(=O)O. The Bertz CT molecular complexity index is 853. The molecule has 3 amide bonds. The molecule has 28 heavy (non-hydrogen) atoms. The minimum atomic E-state index is -1.22. The second-order valence-electron chi connectivity index (χ2n) is 6.44. The third-order valence-electron chi connectivity index (χ3n) is 4.67. The van der Waals surface area contributed by atoms with Gasteiger partial charge < -0.3 is 26.2 Å². The minimum Gasteiger partial charge on any atom is -0.480 e. The Morgan fingerprint density at radius 1 is 1.04 bits per heavy atom. The summed E-state index contributed by atoms with van der Waals surface area (Å²) in [5.41, 5.74) is 9.28. The van der Waals surface area contributed by atoms with E-state index in [1.807, 2.05) is 48.5 Å². The fourth-order valence-corrected chi connectivity index (χ4v) is 3.38. The van der Waals surface area contributed by atoms with Crippen LogP contribution >= 0.6 is 0 Å². The summed E-state index contributed by atoms with van der Waals surface area (Å²) >= 11 is 0. The van der Waals surface area contributed by atoms with Crippen LogP contribution in [0.2, 0.25) is 0 Å². The molecule has 2 aromatic rings. The maximum atomic E-state index is 12.1. The lowest BCUT2D eigenvalue weighted by atomic mass is 9.98. The van der Waals surface area contributed by atoms with Crippen LogP contribution in [0.15, 0.2) is 48.5 Å². The molecule has 0 fully saturated rings. The molecule has 8 nitrogen and oxygen atoms in total. The van der Waals surface area contributed by atoms with E-state index < -0.39 is 24.1 Å². The van der Waals surface area contributed by atoms with E-state index >= 15 is 0 Å². The number of nitrogens with one attached hydrogen (secondary N) is 2. The lowest BCUT2D eigenvalue weighted by Gasteiger charge is -2.17. The molecule has 1 atom stereocenters. The average molecular weight is 383 g/mol. The van der Waals surface area contributed by atoms with Crippen LogP contribution in [0.1, 0.15) is 23.5 Å². The van der Waals surface area contributed by atoms with E-state index in [-0.39, 0.29) is 25.5 Å². The molecule has 0 heterocycles. The molecule has 5 N–H and O–H groups in total. The number of rotatable bonds is 7. The van der Waals surface area contributed by atoms with Crippen molar-refractivity contribution in [1.82, 2.24) is 10.6 Å². The van der Waals surface area contributed by atoms with Gasteiger partial charge in [0.2, 0.25) is 0 Å². The van der Waals surface area contributed by atoms with Gasteiger partial charge in [0.25, 0.3) is 0 Å².